The lowest BCUT2D eigenvalue weighted by atomic mass is 10.0. The van der Waals surface area contributed by atoms with Crippen LogP contribution >= 0.6 is 0 Å². The number of nitrogens with two attached hydrogens (primary N) is 1. The second-order valence-electron chi connectivity index (χ2n) is 4.40. The van der Waals surface area contributed by atoms with Gasteiger partial charge in [-0.05, 0) is 57.2 Å². The highest BCUT2D eigenvalue weighted by molar-refractivity contribution is 5.95. The number of nitrogens with one attached hydrogen (secondary N) is 1. The largest absolute Gasteiger partial charge is 0.399 e. The number of nitrogens with zero attached hydrogens (tertiary/aromatic N) is 1. The maximum absolute atomic E-state index is 11.7. The molecule has 0 bridgehead atoms. The van der Waals surface area contributed by atoms with E-state index in [2.05, 4.69) is 10.2 Å². The molecule has 0 aliphatic heterocycles. The van der Waals surface area contributed by atoms with Gasteiger partial charge in [-0.15, -0.1) is 0 Å². The van der Waals surface area contributed by atoms with Crippen LogP contribution in [0.2, 0.25) is 0 Å². The summed E-state index contributed by atoms with van der Waals surface area (Å²) in [6.45, 7) is 1.00. The molecule has 0 aliphatic carbocycles. The Labute approximate surface area is 103 Å². The summed E-state index contributed by atoms with van der Waals surface area (Å²) in [6.07, 6.45) is 1.88. The number of hydrogen-bond donors (Lipinski definition) is 2. The number of aryl methyl sites for hydroxylation is 1. The van der Waals surface area contributed by atoms with Gasteiger partial charge in [-0.1, -0.05) is 0 Å². The van der Waals surface area contributed by atoms with E-state index in [1.54, 1.807) is 19.2 Å². The van der Waals surface area contributed by atoms with E-state index in [-0.39, 0.29) is 5.91 Å². The van der Waals surface area contributed by atoms with Crippen molar-refractivity contribution in [1.29, 1.82) is 0 Å². The molecule has 4 heteroatoms. The van der Waals surface area contributed by atoms with Crippen molar-refractivity contribution in [3.63, 3.8) is 0 Å². The second kappa shape index (κ2) is 6.25. The number of carbonyl (C=O) groups excluding carboxylic acids is 1. The number of anilines is 1. The van der Waals surface area contributed by atoms with Gasteiger partial charge in [0.1, 0.15) is 0 Å². The minimum atomic E-state index is -0.0511. The van der Waals surface area contributed by atoms with Crippen LogP contribution in [0.1, 0.15) is 22.3 Å². The Morgan fingerprint density at radius 2 is 2.12 bits per heavy atom. The van der Waals surface area contributed by atoms with Gasteiger partial charge in [0.15, 0.2) is 0 Å². The second-order valence-corrected chi connectivity index (χ2v) is 4.40. The van der Waals surface area contributed by atoms with Crippen LogP contribution in [0.5, 0.6) is 0 Å². The zero-order chi connectivity index (χ0) is 12.8. The predicted molar refractivity (Wildman–Crippen MR) is 71.1 cm³/mol. The minimum absolute atomic E-state index is 0.0511. The minimum Gasteiger partial charge on any atom is -0.399 e. The lowest BCUT2D eigenvalue weighted by Gasteiger charge is -2.12. The highest BCUT2D eigenvalue weighted by Gasteiger charge is 2.09. The van der Waals surface area contributed by atoms with Crippen molar-refractivity contribution in [2.75, 3.05) is 33.4 Å². The maximum atomic E-state index is 11.7. The molecule has 1 amide bonds. The third kappa shape index (κ3) is 4.07. The summed E-state index contributed by atoms with van der Waals surface area (Å²) in [7, 11) is 5.72. The van der Waals surface area contributed by atoms with Gasteiger partial charge in [0, 0.05) is 18.3 Å². The molecule has 17 heavy (non-hydrogen) atoms. The molecule has 0 aromatic heterocycles. The molecule has 1 aromatic rings. The van der Waals surface area contributed by atoms with Crippen LogP contribution in [0.4, 0.5) is 5.69 Å². The molecule has 0 saturated heterocycles. The lowest BCUT2D eigenvalue weighted by Crippen LogP contribution is -2.20. The molecule has 3 N–H and O–H groups in total. The normalized spacial score (nSPS) is 10.6. The molecule has 0 heterocycles. The van der Waals surface area contributed by atoms with Crippen molar-refractivity contribution in [3.05, 3.63) is 29.3 Å². The molecule has 0 atom stereocenters. The smallest absolute Gasteiger partial charge is 0.251 e. The first-order valence-corrected chi connectivity index (χ1v) is 5.80. The average molecular weight is 235 g/mol. The monoisotopic (exact) mass is 235 g/mol. The van der Waals surface area contributed by atoms with Crippen molar-refractivity contribution in [2.24, 2.45) is 0 Å². The lowest BCUT2D eigenvalue weighted by molar-refractivity contribution is 0.0962. The fraction of sp³-hybridized carbons (Fsp3) is 0.462. The van der Waals surface area contributed by atoms with E-state index in [1.807, 2.05) is 20.2 Å². The Morgan fingerprint density at radius 1 is 1.41 bits per heavy atom. The first kappa shape index (κ1) is 13.5. The third-order valence-electron chi connectivity index (χ3n) is 2.65. The third-order valence-corrected chi connectivity index (χ3v) is 2.65. The number of hydrogen-bond acceptors (Lipinski definition) is 3. The Morgan fingerprint density at radius 3 is 2.71 bits per heavy atom. The fourth-order valence-electron chi connectivity index (χ4n) is 1.76. The topological polar surface area (TPSA) is 58.4 Å². The Balaban J connectivity index is 2.80. The molecule has 0 unspecified atom stereocenters. The highest BCUT2D eigenvalue weighted by Crippen LogP contribution is 2.15. The summed E-state index contributed by atoms with van der Waals surface area (Å²) in [4.78, 5) is 13.8. The van der Waals surface area contributed by atoms with E-state index in [4.69, 9.17) is 5.73 Å². The Kier molecular flexibility index (Phi) is 4.97. The Hall–Kier alpha value is -1.55. The number of nitrogen functional groups attached to an aromatic ring is 1. The molecule has 0 fully saturated rings. The van der Waals surface area contributed by atoms with Crippen molar-refractivity contribution in [3.8, 4) is 0 Å². The maximum Gasteiger partial charge on any atom is 0.251 e. The van der Waals surface area contributed by atoms with Gasteiger partial charge in [-0.2, -0.15) is 0 Å². The van der Waals surface area contributed by atoms with Crippen LogP contribution in [0.3, 0.4) is 0 Å². The van der Waals surface area contributed by atoms with Crippen LogP contribution in [-0.2, 0) is 6.42 Å². The van der Waals surface area contributed by atoms with Gasteiger partial charge in [-0.3, -0.25) is 4.79 Å². The van der Waals surface area contributed by atoms with Gasteiger partial charge < -0.3 is 16.0 Å². The molecule has 1 aromatic carbocycles. The quantitative estimate of drug-likeness (QED) is 0.752. The Bertz CT molecular complexity index is 388. The number of benzene rings is 1. The van der Waals surface area contributed by atoms with Gasteiger partial charge in [0.2, 0.25) is 0 Å². The molecule has 94 valence electrons. The van der Waals surface area contributed by atoms with Gasteiger partial charge >= 0.3 is 0 Å². The van der Waals surface area contributed by atoms with E-state index in [0.717, 1.165) is 30.5 Å². The molecule has 4 nitrogen and oxygen atoms in total. The van der Waals surface area contributed by atoms with Crippen molar-refractivity contribution in [1.82, 2.24) is 10.2 Å². The molecule has 0 radical (unpaired) electrons. The predicted octanol–water partition coefficient (Wildman–Crippen LogP) is 1.12. The van der Waals surface area contributed by atoms with Crippen molar-refractivity contribution in [2.45, 2.75) is 12.8 Å². The van der Waals surface area contributed by atoms with E-state index >= 15 is 0 Å². The zero-order valence-corrected chi connectivity index (χ0v) is 10.8. The first-order chi connectivity index (χ1) is 8.04. The SMILES string of the molecule is CNC(=O)c1ccc(N)cc1CCCN(C)C. The molecule has 0 spiro atoms. The van der Waals surface area contributed by atoms with Crippen LogP contribution in [0, 0.1) is 0 Å². The summed E-state index contributed by atoms with van der Waals surface area (Å²) in [6, 6.07) is 5.44. The molecule has 1 rings (SSSR count). The average Bonchev–Trinajstić information content (AvgIpc) is 2.28. The first-order valence-electron chi connectivity index (χ1n) is 5.80. The van der Waals surface area contributed by atoms with E-state index in [0.29, 0.717) is 5.69 Å². The summed E-state index contributed by atoms with van der Waals surface area (Å²) < 4.78 is 0. The fourth-order valence-corrected chi connectivity index (χ4v) is 1.76. The van der Waals surface area contributed by atoms with Gasteiger partial charge in [-0.25, -0.2) is 0 Å². The number of rotatable bonds is 5. The van der Waals surface area contributed by atoms with E-state index < -0.39 is 0 Å². The van der Waals surface area contributed by atoms with Crippen LogP contribution < -0.4 is 11.1 Å². The van der Waals surface area contributed by atoms with Crippen molar-refractivity contribution >= 4 is 11.6 Å². The molecular formula is C13H21N3O. The van der Waals surface area contributed by atoms with Crippen LogP contribution in [0.15, 0.2) is 18.2 Å². The van der Waals surface area contributed by atoms with Gasteiger partial charge in [0.25, 0.3) is 5.91 Å². The summed E-state index contributed by atoms with van der Waals surface area (Å²) in [5.74, 6) is -0.0511. The number of carbonyl (C=O) groups is 1. The standard InChI is InChI=1S/C13H21N3O/c1-15-13(17)12-7-6-11(14)9-10(12)5-4-8-16(2)3/h6-7,9H,4-5,8,14H2,1-3H3,(H,15,17). The number of amides is 1. The van der Waals surface area contributed by atoms with Crippen LogP contribution in [-0.4, -0.2) is 38.5 Å². The van der Waals surface area contributed by atoms with E-state index in [9.17, 15) is 4.79 Å². The van der Waals surface area contributed by atoms with Crippen LogP contribution in [0.25, 0.3) is 0 Å². The molecule has 0 aliphatic rings. The summed E-state index contributed by atoms with van der Waals surface area (Å²) >= 11 is 0. The van der Waals surface area contributed by atoms with Crippen molar-refractivity contribution < 1.29 is 4.79 Å². The summed E-state index contributed by atoms with van der Waals surface area (Å²) in [5.41, 5.74) is 8.21. The molecule has 0 saturated carbocycles. The summed E-state index contributed by atoms with van der Waals surface area (Å²) in [5, 5.41) is 2.65. The van der Waals surface area contributed by atoms with Gasteiger partial charge in [0.05, 0.1) is 0 Å². The zero-order valence-electron chi connectivity index (χ0n) is 10.8. The highest BCUT2D eigenvalue weighted by atomic mass is 16.1. The molecular weight excluding hydrogens is 214 g/mol. The van der Waals surface area contributed by atoms with E-state index in [1.165, 1.54) is 0 Å².